The van der Waals surface area contributed by atoms with Gasteiger partial charge in [0.25, 0.3) is 0 Å². The maximum atomic E-state index is 11.8. The third-order valence-corrected chi connectivity index (χ3v) is 3.60. The fourth-order valence-corrected chi connectivity index (χ4v) is 2.61. The zero-order valence-electron chi connectivity index (χ0n) is 10.4. The molecule has 3 rings (SSSR count). The van der Waals surface area contributed by atoms with Gasteiger partial charge in [0.05, 0.1) is 24.5 Å². The number of carbonyl (C=O) groups is 1. The number of fused-ring (bicyclic) bond motifs is 3. The van der Waals surface area contributed by atoms with Crippen LogP contribution in [0.15, 0.2) is 34.9 Å². The Kier molecular flexibility index (Phi) is 3.06. The molecule has 0 atom stereocenters. The largest absolute Gasteiger partial charge is 0.462 e. The highest BCUT2D eigenvalue weighted by Gasteiger charge is 2.19. The number of aromatic nitrogens is 1. The Morgan fingerprint density at radius 2 is 2.32 bits per heavy atom. The van der Waals surface area contributed by atoms with Crippen molar-refractivity contribution in [3.05, 3.63) is 40.5 Å². The minimum absolute atomic E-state index is 0.277. The average Bonchev–Trinajstić information content (AvgIpc) is 2.83. The Morgan fingerprint density at radius 3 is 3.11 bits per heavy atom. The van der Waals surface area contributed by atoms with Gasteiger partial charge in [0.15, 0.2) is 0 Å². The van der Waals surface area contributed by atoms with Gasteiger partial charge in [-0.15, -0.1) is 0 Å². The second-order valence-electron chi connectivity index (χ2n) is 4.33. The molecule has 0 bridgehead atoms. The molecule has 0 amide bonds. The van der Waals surface area contributed by atoms with Crippen molar-refractivity contribution in [1.82, 2.24) is 4.57 Å². The highest BCUT2D eigenvalue weighted by atomic mass is 79.9. The zero-order valence-corrected chi connectivity index (χ0v) is 12.0. The topological polar surface area (TPSA) is 43.3 Å². The van der Waals surface area contributed by atoms with Crippen LogP contribution in [0.3, 0.4) is 0 Å². The first kappa shape index (κ1) is 12.3. The number of carbonyl (C=O) groups excluding carboxylic acids is 1. The molecule has 0 spiro atoms. The summed E-state index contributed by atoms with van der Waals surface area (Å²) in [5, 5.41) is 3.32. The van der Waals surface area contributed by atoms with Crippen LogP contribution in [-0.4, -0.2) is 17.1 Å². The van der Waals surface area contributed by atoms with Crippen molar-refractivity contribution in [2.75, 3.05) is 11.9 Å². The number of nitrogens with zero attached hydrogens (tertiary/aromatic N) is 1. The van der Waals surface area contributed by atoms with Gasteiger partial charge in [-0.3, -0.25) is 0 Å². The van der Waals surface area contributed by atoms with Crippen molar-refractivity contribution in [2.45, 2.75) is 13.6 Å². The highest BCUT2D eigenvalue weighted by molar-refractivity contribution is 9.10. The molecular weight excluding hydrogens is 308 g/mol. The molecule has 1 aliphatic heterocycles. The van der Waals surface area contributed by atoms with Gasteiger partial charge < -0.3 is 14.6 Å². The number of rotatable bonds is 2. The van der Waals surface area contributed by atoms with E-state index in [0.717, 1.165) is 21.4 Å². The van der Waals surface area contributed by atoms with Gasteiger partial charge in [-0.25, -0.2) is 4.79 Å². The second kappa shape index (κ2) is 4.74. The van der Waals surface area contributed by atoms with Crippen LogP contribution in [0, 0.1) is 0 Å². The standard InChI is InChI=1S/C14H13BrN2O2/c1-2-19-14(18)9-5-13-11-6-10(15)3-4-12(11)16-8-17(13)7-9/h3-7,16H,2,8H2,1H3. The first-order chi connectivity index (χ1) is 9.19. The molecule has 19 heavy (non-hydrogen) atoms. The molecule has 98 valence electrons. The lowest BCUT2D eigenvalue weighted by molar-refractivity contribution is 0.0526. The van der Waals surface area contributed by atoms with Gasteiger partial charge in [-0.1, -0.05) is 15.9 Å². The molecule has 0 radical (unpaired) electrons. The summed E-state index contributed by atoms with van der Waals surface area (Å²) in [6.07, 6.45) is 1.82. The number of anilines is 1. The van der Waals surface area contributed by atoms with Crippen LogP contribution in [0.2, 0.25) is 0 Å². The van der Waals surface area contributed by atoms with E-state index in [1.165, 1.54) is 0 Å². The van der Waals surface area contributed by atoms with Crippen molar-refractivity contribution >= 4 is 27.6 Å². The third-order valence-electron chi connectivity index (χ3n) is 3.11. The molecule has 0 saturated carbocycles. The Balaban J connectivity index is 2.06. The Labute approximate surface area is 119 Å². The van der Waals surface area contributed by atoms with Crippen LogP contribution in [0.4, 0.5) is 5.69 Å². The number of esters is 1. The summed E-state index contributed by atoms with van der Waals surface area (Å²) >= 11 is 3.47. The summed E-state index contributed by atoms with van der Waals surface area (Å²) in [5.74, 6) is -0.277. The zero-order chi connectivity index (χ0) is 13.4. The molecule has 1 aromatic carbocycles. The van der Waals surface area contributed by atoms with E-state index in [1.807, 2.05) is 42.0 Å². The molecule has 1 N–H and O–H groups in total. The van der Waals surface area contributed by atoms with E-state index in [0.29, 0.717) is 18.8 Å². The lowest BCUT2D eigenvalue weighted by Crippen LogP contribution is -2.14. The minimum Gasteiger partial charge on any atom is -0.462 e. The van der Waals surface area contributed by atoms with Crippen molar-refractivity contribution in [3.63, 3.8) is 0 Å². The van der Waals surface area contributed by atoms with E-state index in [1.54, 1.807) is 0 Å². The Bertz CT molecular complexity index is 649. The predicted molar refractivity (Wildman–Crippen MR) is 77.1 cm³/mol. The molecule has 0 saturated heterocycles. The minimum atomic E-state index is -0.277. The molecule has 1 aromatic heterocycles. The fraction of sp³-hybridized carbons (Fsp3) is 0.214. The van der Waals surface area contributed by atoms with E-state index in [2.05, 4.69) is 21.2 Å². The van der Waals surface area contributed by atoms with E-state index in [-0.39, 0.29) is 5.97 Å². The van der Waals surface area contributed by atoms with Crippen LogP contribution in [-0.2, 0) is 11.4 Å². The number of nitrogens with one attached hydrogen (secondary N) is 1. The number of ether oxygens (including phenoxy) is 1. The number of hydrogen-bond acceptors (Lipinski definition) is 3. The van der Waals surface area contributed by atoms with Crippen molar-refractivity contribution in [1.29, 1.82) is 0 Å². The average molecular weight is 321 g/mol. The molecule has 1 aliphatic rings. The lowest BCUT2D eigenvalue weighted by Gasteiger charge is -2.21. The normalized spacial score (nSPS) is 12.3. The molecular formula is C14H13BrN2O2. The van der Waals surface area contributed by atoms with Crippen LogP contribution in [0.1, 0.15) is 17.3 Å². The summed E-state index contributed by atoms with van der Waals surface area (Å²) in [5.41, 5.74) is 3.77. The number of halogens is 1. The highest BCUT2D eigenvalue weighted by Crippen LogP contribution is 2.35. The van der Waals surface area contributed by atoms with Crippen LogP contribution < -0.4 is 5.32 Å². The van der Waals surface area contributed by atoms with Crippen molar-refractivity contribution in [2.24, 2.45) is 0 Å². The molecule has 4 nitrogen and oxygen atoms in total. The van der Waals surface area contributed by atoms with Crippen LogP contribution in [0.5, 0.6) is 0 Å². The van der Waals surface area contributed by atoms with Gasteiger partial charge in [0, 0.05) is 21.9 Å². The molecule has 0 unspecified atom stereocenters. The van der Waals surface area contributed by atoms with Crippen LogP contribution >= 0.6 is 15.9 Å². The number of benzene rings is 1. The fourth-order valence-electron chi connectivity index (χ4n) is 2.25. The van der Waals surface area contributed by atoms with Gasteiger partial charge in [-0.2, -0.15) is 0 Å². The SMILES string of the molecule is CCOC(=O)c1cc2n(c1)CNc1ccc(Br)cc1-2. The molecule has 0 aliphatic carbocycles. The maximum Gasteiger partial charge on any atom is 0.339 e. The summed E-state index contributed by atoms with van der Waals surface area (Å²) < 4.78 is 8.06. The van der Waals surface area contributed by atoms with E-state index < -0.39 is 0 Å². The van der Waals surface area contributed by atoms with Gasteiger partial charge in [0.1, 0.15) is 0 Å². The first-order valence-corrected chi connectivity index (χ1v) is 6.89. The number of hydrogen-bond donors (Lipinski definition) is 1. The molecule has 2 aromatic rings. The second-order valence-corrected chi connectivity index (χ2v) is 5.24. The third kappa shape index (κ3) is 2.14. The summed E-state index contributed by atoms with van der Waals surface area (Å²) in [4.78, 5) is 11.8. The molecule has 2 heterocycles. The predicted octanol–water partition coefficient (Wildman–Crippen LogP) is 3.48. The Morgan fingerprint density at radius 1 is 1.47 bits per heavy atom. The summed E-state index contributed by atoms with van der Waals surface area (Å²) in [6, 6.07) is 7.95. The molecule has 0 fully saturated rings. The summed E-state index contributed by atoms with van der Waals surface area (Å²) in [6.45, 7) is 2.85. The van der Waals surface area contributed by atoms with Gasteiger partial charge in [0.2, 0.25) is 0 Å². The van der Waals surface area contributed by atoms with Gasteiger partial charge >= 0.3 is 5.97 Å². The van der Waals surface area contributed by atoms with E-state index in [9.17, 15) is 4.79 Å². The summed E-state index contributed by atoms with van der Waals surface area (Å²) in [7, 11) is 0. The van der Waals surface area contributed by atoms with Crippen LogP contribution in [0.25, 0.3) is 11.3 Å². The lowest BCUT2D eigenvalue weighted by atomic mass is 10.1. The van der Waals surface area contributed by atoms with E-state index in [4.69, 9.17) is 4.74 Å². The smallest absolute Gasteiger partial charge is 0.339 e. The Hall–Kier alpha value is -1.75. The molecule has 5 heteroatoms. The monoisotopic (exact) mass is 320 g/mol. The van der Waals surface area contributed by atoms with E-state index >= 15 is 0 Å². The maximum absolute atomic E-state index is 11.8. The van der Waals surface area contributed by atoms with Crippen molar-refractivity contribution in [3.8, 4) is 11.3 Å². The quantitative estimate of drug-likeness (QED) is 0.861. The van der Waals surface area contributed by atoms with Crippen molar-refractivity contribution < 1.29 is 9.53 Å². The first-order valence-electron chi connectivity index (χ1n) is 6.10. The van der Waals surface area contributed by atoms with Gasteiger partial charge in [-0.05, 0) is 31.2 Å².